The molecule has 0 atom stereocenters. The molecule has 82 valence electrons. The standard InChI is InChI=1S/C12H16INO/c1-9(2)8-14(3)12(15)10-6-4-5-7-11(10)13/h4-7,9H,8H2,1-3H3. The van der Waals surface area contributed by atoms with E-state index < -0.39 is 0 Å². The highest BCUT2D eigenvalue weighted by Crippen LogP contribution is 2.13. The fourth-order valence-corrected chi connectivity index (χ4v) is 2.09. The first-order chi connectivity index (χ1) is 7.02. The minimum absolute atomic E-state index is 0.105. The van der Waals surface area contributed by atoms with Gasteiger partial charge < -0.3 is 4.90 Å². The van der Waals surface area contributed by atoms with E-state index >= 15 is 0 Å². The number of benzene rings is 1. The van der Waals surface area contributed by atoms with Gasteiger partial charge in [0, 0.05) is 17.2 Å². The summed E-state index contributed by atoms with van der Waals surface area (Å²) in [6, 6.07) is 7.68. The molecule has 0 bridgehead atoms. The van der Waals surface area contributed by atoms with Crippen molar-refractivity contribution in [3.63, 3.8) is 0 Å². The van der Waals surface area contributed by atoms with Gasteiger partial charge in [0.15, 0.2) is 0 Å². The Hall–Kier alpha value is -0.580. The predicted octanol–water partition coefficient (Wildman–Crippen LogP) is 3.02. The van der Waals surface area contributed by atoms with Crippen molar-refractivity contribution in [2.75, 3.05) is 13.6 Å². The molecule has 1 amide bonds. The fourth-order valence-electron chi connectivity index (χ4n) is 1.47. The van der Waals surface area contributed by atoms with Crippen LogP contribution < -0.4 is 0 Å². The summed E-state index contributed by atoms with van der Waals surface area (Å²) in [5, 5.41) is 0. The first kappa shape index (κ1) is 12.5. The van der Waals surface area contributed by atoms with E-state index in [0.717, 1.165) is 15.7 Å². The Morgan fingerprint density at radius 3 is 2.53 bits per heavy atom. The SMILES string of the molecule is CC(C)CN(C)C(=O)c1ccccc1I. The van der Waals surface area contributed by atoms with Crippen LogP contribution in [0.2, 0.25) is 0 Å². The van der Waals surface area contributed by atoms with Gasteiger partial charge in [-0.15, -0.1) is 0 Å². The van der Waals surface area contributed by atoms with Crippen LogP contribution in [0.4, 0.5) is 0 Å². The fraction of sp³-hybridized carbons (Fsp3) is 0.417. The maximum absolute atomic E-state index is 12.0. The first-order valence-corrected chi connectivity index (χ1v) is 6.10. The van der Waals surface area contributed by atoms with E-state index in [-0.39, 0.29) is 5.91 Å². The Balaban J connectivity index is 2.81. The second-order valence-electron chi connectivity index (χ2n) is 4.06. The molecule has 0 aliphatic heterocycles. The van der Waals surface area contributed by atoms with Gasteiger partial charge in [-0.2, -0.15) is 0 Å². The van der Waals surface area contributed by atoms with Gasteiger partial charge in [0.05, 0.1) is 5.56 Å². The lowest BCUT2D eigenvalue weighted by Gasteiger charge is -2.19. The highest BCUT2D eigenvalue weighted by atomic mass is 127. The highest BCUT2D eigenvalue weighted by molar-refractivity contribution is 14.1. The number of hydrogen-bond acceptors (Lipinski definition) is 1. The summed E-state index contributed by atoms with van der Waals surface area (Å²) in [6.45, 7) is 5.02. The number of hydrogen-bond donors (Lipinski definition) is 0. The van der Waals surface area contributed by atoms with Gasteiger partial charge in [-0.05, 0) is 40.6 Å². The van der Waals surface area contributed by atoms with Crippen LogP contribution in [0.25, 0.3) is 0 Å². The quantitative estimate of drug-likeness (QED) is 0.785. The van der Waals surface area contributed by atoms with Crippen LogP contribution in [-0.2, 0) is 0 Å². The lowest BCUT2D eigenvalue weighted by atomic mass is 10.1. The van der Waals surface area contributed by atoms with Gasteiger partial charge in [0.25, 0.3) is 5.91 Å². The van der Waals surface area contributed by atoms with Crippen molar-refractivity contribution in [1.29, 1.82) is 0 Å². The predicted molar refractivity (Wildman–Crippen MR) is 71.0 cm³/mol. The summed E-state index contributed by atoms with van der Waals surface area (Å²) in [7, 11) is 1.85. The maximum atomic E-state index is 12.0. The van der Waals surface area contributed by atoms with Crippen molar-refractivity contribution in [2.45, 2.75) is 13.8 Å². The molecule has 0 N–H and O–H groups in total. The molecule has 0 saturated heterocycles. The Bertz CT molecular complexity index is 349. The Morgan fingerprint density at radius 1 is 1.40 bits per heavy atom. The van der Waals surface area contributed by atoms with Crippen LogP contribution in [-0.4, -0.2) is 24.4 Å². The van der Waals surface area contributed by atoms with Crippen LogP contribution in [0.15, 0.2) is 24.3 Å². The molecule has 1 aromatic rings. The molecular formula is C12H16INO. The van der Waals surface area contributed by atoms with Crippen molar-refractivity contribution < 1.29 is 4.79 Å². The molecule has 0 aliphatic rings. The molecule has 0 aliphatic carbocycles. The smallest absolute Gasteiger partial charge is 0.254 e. The minimum atomic E-state index is 0.105. The average Bonchev–Trinajstić information content (AvgIpc) is 2.16. The Morgan fingerprint density at radius 2 is 2.00 bits per heavy atom. The van der Waals surface area contributed by atoms with Crippen LogP contribution in [0.1, 0.15) is 24.2 Å². The molecule has 1 aromatic carbocycles. The Kier molecular flexibility index (Phi) is 4.57. The summed E-state index contributed by atoms with van der Waals surface area (Å²) in [4.78, 5) is 13.8. The number of rotatable bonds is 3. The van der Waals surface area contributed by atoms with E-state index in [2.05, 4.69) is 36.4 Å². The molecule has 3 heteroatoms. The molecular weight excluding hydrogens is 301 g/mol. The zero-order chi connectivity index (χ0) is 11.4. The van der Waals surface area contributed by atoms with E-state index in [1.165, 1.54) is 0 Å². The maximum Gasteiger partial charge on any atom is 0.254 e. The third-order valence-corrected chi connectivity index (χ3v) is 3.03. The summed E-state index contributed by atoms with van der Waals surface area (Å²) in [6.07, 6.45) is 0. The second kappa shape index (κ2) is 5.49. The van der Waals surface area contributed by atoms with Gasteiger partial charge >= 0.3 is 0 Å². The number of carbonyl (C=O) groups excluding carboxylic acids is 1. The van der Waals surface area contributed by atoms with Crippen LogP contribution in [0.5, 0.6) is 0 Å². The first-order valence-electron chi connectivity index (χ1n) is 5.02. The van der Waals surface area contributed by atoms with Gasteiger partial charge in [0.1, 0.15) is 0 Å². The summed E-state index contributed by atoms with van der Waals surface area (Å²) < 4.78 is 1.01. The lowest BCUT2D eigenvalue weighted by Crippen LogP contribution is -2.30. The van der Waals surface area contributed by atoms with Crippen LogP contribution in [0, 0.1) is 9.49 Å². The normalized spacial score (nSPS) is 10.5. The zero-order valence-corrected chi connectivity index (χ0v) is 11.5. The largest absolute Gasteiger partial charge is 0.341 e. The molecule has 15 heavy (non-hydrogen) atoms. The van der Waals surface area contributed by atoms with E-state index in [1.807, 2.05) is 31.3 Å². The van der Waals surface area contributed by atoms with Gasteiger partial charge in [-0.3, -0.25) is 4.79 Å². The molecule has 0 aromatic heterocycles. The lowest BCUT2D eigenvalue weighted by molar-refractivity contribution is 0.0778. The van der Waals surface area contributed by atoms with Crippen molar-refractivity contribution in [2.24, 2.45) is 5.92 Å². The minimum Gasteiger partial charge on any atom is -0.341 e. The molecule has 0 fully saturated rings. The molecule has 2 nitrogen and oxygen atoms in total. The number of nitrogens with zero attached hydrogens (tertiary/aromatic N) is 1. The summed E-state index contributed by atoms with van der Waals surface area (Å²) >= 11 is 2.20. The molecule has 1 rings (SSSR count). The topological polar surface area (TPSA) is 20.3 Å². The highest BCUT2D eigenvalue weighted by Gasteiger charge is 2.14. The van der Waals surface area contributed by atoms with Crippen molar-refractivity contribution in [1.82, 2.24) is 4.90 Å². The molecule has 0 unspecified atom stereocenters. The van der Waals surface area contributed by atoms with Crippen molar-refractivity contribution in [3.8, 4) is 0 Å². The van der Waals surface area contributed by atoms with Crippen molar-refractivity contribution >= 4 is 28.5 Å². The molecule has 0 heterocycles. The Labute approximate surface area is 105 Å². The molecule has 0 saturated carbocycles. The van der Waals surface area contributed by atoms with Crippen molar-refractivity contribution in [3.05, 3.63) is 33.4 Å². The number of halogens is 1. The zero-order valence-electron chi connectivity index (χ0n) is 9.33. The van der Waals surface area contributed by atoms with E-state index in [1.54, 1.807) is 4.90 Å². The van der Waals surface area contributed by atoms with Crippen LogP contribution >= 0.6 is 22.6 Å². The molecule has 0 radical (unpaired) electrons. The number of carbonyl (C=O) groups is 1. The monoisotopic (exact) mass is 317 g/mol. The van der Waals surface area contributed by atoms with E-state index in [9.17, 15) is 4.79 Å². The van der Waals surface area contributed by atoms with E-state index in [0.29, 0.717) is 5.92 Å². The second-order valence-corrected chi connectivity index (χ2v) is 5.22. The summed E-state index contributed by atoms with van der Waals surface area (Å²) in [5.74, 6) is 0.606. The number of amides is 1. The van der Waals surface area contributed by atoms with Gasteiger partial charge in [-0.1, -0.05) is 26.0 Å². The van der Waals surface area contributed by atoms with E-state index in [4.69, 9.17) is 0 Å². The average molecular weight is 317 g/mol. The summed E-state index contributed by atoms with van der Waals surface area (Å²) in [5.41, 5.74) is 0.793. The third-order valence-electron chi connectivity index (χ3n) is 2.09. The van der Waals surface area contributed by atoms with Gasteiger partial charge in [0.2, 0.25) is 0 Å². The van der Waals surface area contributed by atoms with Crippen LogP contribution in [0.3, 0.4) is 0 Å². The van der Waals surface area contributed by atoms with Gasteiger partial charge in [-0.25, -0.2) is 0 Å². The molecule has 0 spiro atoms. The third kappa shape index (κ3) is 3.48.